The molecule has 0 spiro atoms. The lowest BCUT2D eigenvalue weighted by molar-refractivity contribution is -0.337. The van der Waals surface area contributed by atoms with Crippen molar-refractivity contribution in [3.63, 3.8) is 0 Å². The van der Waals surface area contributed by atoms with Crippen LogP contribution in [0.3, 0.4) is 0 Å². The third-order valence-electron chi connectivity index (χ3n) is 5.74. The average molecular weight is 180 g/mol. The Morgan fingerprint density at radius 1 is 1.46 bits per heavy atom. The van der Waals surface area contributed by atoms with Crippen LogP contribution < -0.4 is 0 Å². The third kappa shape index (κ3) is 0.420. The van der Waals surface area contributed by atoms with Crippen LogP contribution in [0.4, 0.5) is 0 Å². The second-order valence-electron chi connectivity index (χ2n) is 5.48. The molecule has 5 aliphatic carbocycles. The molecule has 0 amide bonds. The minimum absolute atomic E-state index is 0.0567. The molecule has 2 nitrogen and oxygen atoms in total. The first-order valence-corrected chi connectivity index (χ1v) is 5.11. The fourth-order valence-corrected chi connectivity index (χ4v) is 4.85. The van der Waals surface area contributed by atoms with E-state index < -0.39 is 0 Å². The first kappa shape index (κ1) is 7.84. The molecule has 0 heterocycles. The van der Waals surface area contributed by atoms with Crippen LogP contribution in [0.25, 0.3) is 0 Å². The van der Waals surface area contributed by atoms with Crippen molar-refractivity contribution in [3.05, 3.63) is 0 Å². The molecule has 0 N–H and O–H groups in total. The van der Waals surface area contributed by atoms with E-state index in [1.54, 1.807) is 0 Å². The van der Waals surface area contributed by atoms with Crippen LogP contribution in [-0.2, 0) is 9.53 Å². The number of rotatable bonds is 1. The van der Waals surface area contributed by atoms with Crippen molar-refractivity contribution in [2.24, 2.45) is 22.2 Å². The van der Waals surface area contributed by atoms with Crippen LogP contribution in [0.1, 0.15) is 33.1 Å². The van der Waals surface area contributed by atoms with E-state index >= 15 is 0 Å². The van der Waals surface area contributed by atoms with Gasteiger partial charge in [0.25, 0.3) is 0 Å². The molecule has 5 aliphatic rings. The summed E-state index contributed by atoms with van der Waals surface area (Å²) in [6, 6.07) is 0. The minimum Gasteiger partial charge on any atom is -0.469 e. The van der Waals surface area contributed by atoms with Crippen molar-refractivity contribution < 1.29 is 9.53 Å². The van der Waals surface area contributed by atoms with Gasteiger partial charge in [-0.15, -0.1) is 0 Å². The highest BCUT2D eigenvalue weighted by atomic mass is 16.5. The average Bonchev–Trinajstić information content (AvgIpc) is 2.48. The van der Waals surface area contributed by atoms with Crippen molar-refractivity contribution in [1.82, 2.24) is 0 Å². The first-order chi connectivity index (χ1) is 6.03. The highest BCUT2D eigenvalue weighted by Crippen LogP contribution is 2.93. The number of ether oxygens (including phenoxy) is 1. The lowest BCUT2D eigenvalue weighted by atomic mass is 9.22. The first-order valence-electron chi connectivity index (χ1n) is 5.11. The summed E-state index contributed by atoms with van der Waals surface area (Å²) < 4.78 is 4.95. The second kappa shape index (κ2) is 1.67. The van der Waals surface area contributed by atoms with E-state index in [9.17, 15) is 4.79 Å². The highest BCUT2D eigenvalue weighted by molar-refractivity contribution is 5.84. The van der Waals surface area contributed by atoms with Crippen LogP contribution in [0.15, 0.2) is 0 Å². The van der Waals surface area contributed by atoms with E-state index in [-0.39, 0.29) is 16.8 Å². The molecular weight excluding hydrogens is 164 g/mol. The van der Waals surface area contributed by atoms with Gasteiger partial charge >= 0.3 is 5.97 Å². The molecule has 5 fully saturated rings. The number of methoxy groups -OCH3 is 1. The zero-order valence-electron chi connectivity index (χ0n) is 8.52. The summed E-state index contributed by atoms with van der Waals surface area (Å²) in [5.41, 5.74) is 0.690. The molecule has 5 saturated carbocycles. The fourth-order valence-electron chi connectivity index (χ4n) is 4.85. The maximum atomic E-state index is 11.7. The molecule has 0 aromatic heterocycles. The lowest BCUT2D eigenvalue weighted by Crippen LogP contribution is -2.80. The Kier molecular flexibility index (Phi) is 1.00. The number of carbonyl (C=O) groups is 1. The smallest absolute Gasteiger partial charge is 0.312 e. The molecule has 72 valence electrons. The molecule has 4 atom stereocenters. The summed E-state index contributed by atoms with van der Waals surface area (Å²) in [7, 11) is 1.52. The molecule has 2 heteroatoms. The van der Waals surface area contributed by atoms with Crippen LogP contribution in [0, 0.1) is 22.2 Å². The van der Waals surface area contributed by atoms with Gasteiger partial charge in [0.2, 0.25) is 0 Å². The topological polar surface area (TPSA) is 26.3 Å². The quantitative estimate of drug-likeness (QED) is 0.577. The fraction of sp³-hybridized carbons (Fsp3) is 0.909. The SMILES string of the molecule is COC(=O)[C@@]12C[C@@]3(C)[C@@H]1CC[C@@]32C. The molecule has 0 saturated heterocycles. The highest BCUT2D eigenvalue weighted by Gasteiger charge is 2.92. The Morgan fingerprint density at radius 3 is 2.54 bits per heavy atom. The van der Waals surface area contributed by atoms with E-state index in [0.717, 1.165) is 6.42 Å². The van der Waals surface area contributed by atoms with Gasteiger partial charge in [0.05, 0.1) is 12.5 Å². The molecule has 13 heavy (non-hydrogen) atoms. The predicted molar refractivity (Wildman–Crippen MR) is 48.0 cm³/mol. The maximum absolute atomic E-state index is 11.7. The van der Waals surface area contributed by atoms with Crippen LogP contribution in [0.5, 0.6) is 0 Å². The molecule has 5 rings (SSSR count). The molecule has 4 bridgehead atoms. The van der Waals surface area contributed by atoms with Gasteiger partial charge in [-0.05, 0) is 36.0 Å². The number of hydrogen-bond acceptors (Lipinski definition) is 2. The molecule has 0 aromatic rings. The van der Waals surface area contributed by atoms with E-state index in [2.05, 4.69) is 13.8 Å². The largest absolute Gasteiger partial charge is 0.469 e. The third-order valence-corrected chi connectivity index (χ3v) is 5.74. The zero-order chi connectivity index (χ0) is 9.48. The number of carbonyl (C=O) groups excluding carboxylic acids is 1. The molecule has 0 aromatic carbocycles. The van der Waals surface area contributed by atoms with Crippen molar-refractivity contribution >= 4 is 5.97 Å². The van der Waals surface area contributed by atoms with E-state index in [4.69, 9.17) is 4.74 Å². The summed E-state index contributed by atoms with van der Waals surface area (Å²) in [5.74, 6) is 0.693. The summed E-state index contributed by atoms with van der Waals surface area (Å²) in [5, 5.41) is 0. The van der Waals surface area contributed by atoms with Gasteiger partial charge in [0, 0.05) is 0 Å². The normalized spacial score (nSPS) is 61.0. The Hall–Kier alpha value is -0.530. The van der Waals surface area contributed by atoms with Gasteiger partial charge in [-0.1, -0.05) is 13.8 Å². The number of fused-ring (bicyclic) bond motifs is 1. The van der Waals surface area contributed by atoms with Crippen molar-refractivity contribution in [2.45, 2.75) is 33.1 Å². The van der Waals surface area contributed by atoms with E-state index in [1.165, 1.54) is 20.0 Å². The van der Waals surface area contributed by atoms with Gasteiger partial charge in [0.1, 0.15) is 0 Å². The van der Waals surface area contributed by atoms with Crippen LogP contribution >= 0.6 is 0 Å². The van der Waals surface area contributed by atoms with Gasteiger partial charge in [-0.2, -0.15) is 0 Å². The van der Waals surface area contributed by atoms with Crippen LogP contribution in [-0.4, -0.2) is 13.1 Å². The van der Waals surface area contributed by atoms with Crippen LogP contribution in [0.2, 0.25) is 0 Å². The summed E-state index contributed by atoms with van der Waals surface area (Å²) >= 11 is 0. The molecular formula is C11H16O2. The summed E-state index contributed by atoms with van der Waals surface area (Å²) in [4.78, 5) is 11.7. The summed E-state index contributed by atoms with van der Waals surface area (Å²) in [6.45, 7) is 4.62. The lowest BCUT2D eigenvalue weighted by Gasteiger charge is -2.80. The second-order valence-corrected chi connectivity index (χ2v) is 5.48. The number of esters is 1. The predicted octanol–water partition coefficient (Wildman–Crippen LogP) is 1.99. The van der Waals surface area contributed by atoms with Gasteiger partial charge < -0.3 is 4.74 Å². The van der Waals surface area contributed by atoms with Gasteiger partial charge in [0.15, 0.2) is 0 Å². The Morgan fingerprint density at radius 2 is 2.15 bits per heavy atom. The van der Waals surface area contributed by atoms with Crippen molar-refractivity contribution in [2.75, 3.05) is 7.11 Å². The minimum atomic E-state index is -0.0590. The zero-order valence-corrected chi connectivity index (χ0v) is 8.52. The molecule has 0 unspecified atom stereocenters. The standard InChI is InChI=1S/C11H16O2/c1-9-6-11(8(12)13-3)7(9)4-5-10(9,11)2/h7H,4-6H2,1-3H3/t7-,9-,10-,11+/m0/s1. The van der Waals surface area contributed by atoms with Gasteiger partial charge in [-0.25, -0.2) is 0 Å². The summed E-state index contributed by atoms with van der Waals surface area (Å²) in [6.07, 6.45) is 3.54. The Bertz CT molecular complexity index is 311. The number of hydrogen-bond donors (Lipinski definition) is 0. The molecule has 0 radical (unpaired) electrons. The van der Waals surface area contributed by atoms with Gasteiger partial charge in [-0.3, -0.25) is 4.79 Å². The Labute approximate surface area is 78.6 Å². The van der Waals surface area contributed by atoms with Crippen molar-refractivity contribution in [3.8, 4) is 0 Å². The van der Waals surface area contributed by atoms with E-state index in [1.807, 2.05) is 0 Å². The van der Waals surface area contributed by atoms with Crippen molar-refractivity contribution in [1.29, 1.82) is 0 Å². The molecule has 0 aliphatic heterocycles. The monoisotopic (exact) mass is 180 g/mol. The maximum Gasteiger partial charge on any atom is 0.312 e. The Balaban J connectivity index is 2.03. The van der Waals surface area contributed by atoms with E-state index in [0.29, 0.717) is 11.3 Å².